The van der Waals surface area contributed by atoms with Gasteiger partial charge in [-0.05, 0) is 40.4 Å². The van der Waals surface area contributed by atoms with Crippen molar-refractivity contribution in [2.24, 2.45) is 0 Å². The van der Waals surface area contributed by atoms with Crippen molar-refractivity contribution < 1.29 is 9.90 Å². The fourth-order valence-corrected chi connectivity index (χ4v) is 2.28. The van der Waals surface area contributed by atoms with Crippen molar-refractivity contribution >= 4 is 17.7 Å². The molecule has 0 unspecified atom stereocenters. The van der Waals surface area contributed by atoms with Gasteiger partial charge in [0.2, 0.25) is 0 Å². The van der Waals surface area contributed by atoms with Gasteiger partial charge in [0.15, 0.2) is 5.16 Å². The van der Waals surface area contributed by atoms with E-state index in [1.165, 1.54) is 11.8 Å². The molecule has 1 rings (SSSR count). The van der Waals surface area contributed by atoms with Crippen molar-refractivity contribution in [3.8, 4) is 0 Å². The summed E-state index contributed by atoms with van der Waals surface area (Å²) in [5, 5.41) is 17.4. The van der Waals surface area contributed by atoms with Gasteiger partial charge in [-0.25, -0.2) is 0 Å². The van der Waals surface area contributed by atoms with Gasteiger partial charge in [0.25, 0.3) is 0 Å². The highest BCUT2D eigenvalue weighted by Crippen LogP contribution is 2.17. The highest BCUT2D eigenvalue weighted by molar-refractivity contribution is 7.99. The predicted molar refractivity (Wildman–Crippen MR) is 70.9 cm³/mol. The summed E-state index contributed by atoms with van der Waals surface area (Å²) in [5.41, 5.74) is 0. The summed E-state index contributed by atoms with van der Waals surface area (Å²) < 4.78 is 1.99. The fraction of sp³-hybridized carbons (Fsp3) is 0.727. The van der Waals surface area contributed by atoms with Gasteiger partial charge in [0.1, 0.15) is 5.82 Å². The number of hydrogen-bond donors (Lipinski definition) is 1. The number of nitrogens with zero attached hydrogens (tertiary/aromatic N) is 4. The molecule has 6 nitrogen and oxygen atoms in total. The minimum Gasteiger partial charge on any atom is -0.481 e. The van der Waals surface area contributed by atoms with Crippen LogP contribution in [0.2, 0.25) is 0 Å². The molecule has 0 radical (unpaired) electrons. The molecule has 0 fully saturated rings. The van der Waals surface area contributed by atoms with Crippen LogP contribution in [0.1, 0.15) is 18.7 Å². The molecule has 0 atom stereocenters. The first-order valence-electron chi connectivity index (χ1n) is 5.90. The average Bonchev–Trinajstić information content (AvgIpc) is 2.63. The number of thioether (sulfide) groups is 1. The van der Waals surface area contributed by atoms with Gasteiger partial charge in [-0.1, -0.05) is 11.8 Å². The predicted octanol–water partition coefficient (Wildman–Crippen LogP) is 1.11. The van der Waals surface area contributed by atoms with E-state index >= 15 is 0 Å². The standard InChI is InChI=1S/C11H20N4O2S/c1-9-12-13-11(18-8-10(16)17)15(9)7-5-4-6-14(2)3/h4-8H2,1-3H3,(H,16,17). The summed E-state index contributed by atoms with van der Waals surface area (Å²) in [7, 11) is 4.11. The van der Waals surface area contributed by atoms with Crippen LogP contribution in [0.15, 0.2) is 5.16 Å². The Labute approximate surface area is 111 Å². The number of carboxylic acid groups (broad SMARTS) is 1. The Balaban J connectivity index is 2.47. The Morgan fingerprint density at radius 2 is 2.11 bits per heavy atom. The Kier molecular flexibility index (Phi) is 6.14. The minimum atomic E-state index is -0.834. The van der Waals surface area contributed by atoms with Crippen LogP contribution in [0.3, 0.4) is 0 Å². The molecule has 0 saturated heterocycles. The lowest BCUT2D eigenvalue weighted by molar-refractivity contribution is -0.133. The number of hydrogen-bond acceptors (Lipinski definition) is 5. The first-order chi connectivity index (χ1) is 8.50. The molecular formula is C11H20N4O2S. The summed E-state index contributed by atoms with van der Waals surface area (Å²) in [6.45, 7) is 3.79. The van der Waals surface area contributed by atoms with Crippen LogP contribution in [-0.4, -0.2) is 57.1 Å². The van der Waals surface area contributed by atoms with Gasteiger partial charge in [-0.15, -0.1) is 10.2 Å². The second-order valence-corrected chi connectivity index (χ2v) is 5.32. The van der Waals surface area contributed by atoms with Gasteiger partial charge in [0, 0.05) is 6.54 Å². The van der Waals surface area contributed by atoms with E-state index in [0.29, 0.717) is 5.16 Å². The lowest BCUT2D eigenvalue weighted by Crippen LogP contribution is -2.14. The number of rotatable bonds is 8. The molecule has 0 aliphatic heterocycles. The van der Waals surface area contributed by atoms with E-state index in [0.717, 1.165) is 31.8 Å². The molecular weight excluding hydrogens is 252 g/mol. The number of unbranched alkanes of at least 4 members (excludes halogenated alkanes) is 1. The third kappa shape index (κ3) is 5.05. The summed E-state index contributed by atoms with van der Waals surface area (Å²) in [5.74, 6) is 0.0306. The van der Waals surface area contributed by atoms with E-state index in [1.54, 1.807) is 0 Å². The zero-order chi connectivity index (χ0) is 13.5. The quantitative estimate of drug-likeness (QED) is 0.564. The summed E-state index contributed by atoms with van der Waals surface area (Å²) >= 11 is 1.22. The molecule has 1 aromatic rings. The van der Waals surface area contributed by atoms with Crippen LogP contribution in [0.5, 0.6) is 0 Å². The largest absolute Gasteiger partial charge is 0.481 e. The molecule has 0 spiro atoms. The van der Waals surface area contributed by atoms with E-state index in [4.69, 9.17) is 5.11 Å². The topological polar surface area (TPSA) is 71.2 Å². The summed E-state index contributed by atoms with van der Waals surface area (Å²) in [6.07, 6.45) is 2.14. The van der Waals surface area contributed by atoms with Crippen molar-refractivity contribution in [1.29, 1.82) is 0 Å². The summed E-state index contributed by atoms with van der Waals surface area (Å²) in [6, 6.07) is 0. The second-order valence-electron chi connectivity index (χ2n) is 4.37. The highest BCUT2D eigenvalue weighted by Gasteiger charge is 2.10. The Morgan fingerprint density at radius 1 is 1.39 bits per heavy atom. The molecule has 0 saturated carbocycles. The fourth-order valence-electron chi connectivity index (χ4n) is 1.55. The maximum Gasteiger partial charge on any atom is 0.313 e. The monoisotopic (exact) mass is 272 g/mol. The number of aromatic nitrogens is 3. The smallest absolute Gasteiger partial charge is 0.313 e. The maximum atomic E-state index is 10.5. The Morgan fingerprint density at radius 3 is 2.72 bits per heavy atom. The molecule has 1 heterocycles. The minimum absolute atomic E-state index is 0.0236. The number of aryl methyl sites for hydroxylation is 1. The third-order valence-corrected chi connectivity index (χ3v) is 3.42. The zero-order valence-electron chi connectivity index (χ0n) is 11.1. The van der Waals surface area contributed by atoms with Crippen LogP contribution in [0.25, 0.3) is 0 Å². The molecule has 0 aromatic carbocycles. The van der Waals surface area contributed by atoms with E-state index in [2.05, 4.69) is 29.2 Å². The van der Waals surface area contributed by atoms with Gasteiger partial charge < -0.3 is 14.6 Å². The van der Waals surface area contributed by atoms with E-state index in [-0.39, 0.29) is 5.75 Å². The van der Waals surface area contributed by atoms with Gasteiger partial charge in [-0.2, -0.15) is 0 Å². The number of aliphatic carboxylic acids is 1. The van der Waals surface area contributed by atoms with Gasteiger partial charge >= 0.3 is 5.97 Å². The van der Waals surface area contributed by atoms with E-state index in [9.17, 15) is 4.79 Å². The van der Waals surface area contributed by atoms with Crippen LogP contribution in [0, 0.1) is 6.92 Å². The van der Waals surface area contributed by atoms with Crippen LogP contribution < -0.4 is 0 Å². The van der Waals surface area contributed by atoms with Crippen molar-refractivity contribution in [1.82, 2.24) is 19.7 Å². The third-order valence-electron chi connectivity index (χ3n) is 2.46. The van der Waals surface area contributed by atoms with E-state index in [1.807, 2.05) is 11.5 Å². The molecule has 18 heavy (non-hydrogen) atoms. The SMILES string of the molecule is Cc1nnc(SCC(=O)O)n1CCCCN(C)C. The van der Waals surface area contributed by atoms with Gasteiger partial charge in [-0.3, -0.25) is 4.79 Å². The molecule has 7 heteroatoms. The normalized spacial score (nSPS) is 11.1. The summed E-state index contributed by atoms with van der Waals surface area (Å²) in [4.78, 5) is 12.7. The van der Waals surface area contributed by atoms with Gasteiger partial charge in [0.05, 0.1) is 5.75 Å². The molecule has 1 aromatic heterocycles. The molecule has 102 valence electrons. The molecule has 0 amide bonds. The molecule has 1 N–H and O–H groups in total. The maximum absolute atomic E-state index is 10.5. The van der Waals surface area contributed by atoms with Crippen molar-refractivity contribution in [2.45, 2.75) is 31.5 Å². The average molecular weight is 272 g/mol. The van der Waals surface area contributed by atoms with Crippen molar-refractivity contribution in [3.63, 3.8) is 0 Å². The van der Waals surface area contributed by atoms with Crippen LogP contribution >= 0.6 is 11.8 Å². The molecule has 0 bridgehead atoms. The number of carboxylic acids is 1. The zero-order valence-corrected chi connectivity index (χ0v) is 11.9. The lowest BCUT2D eigenvalue weighted by Gasteiger charge is -2.10. The first kappa shape index (κ1) is 15.0. The lowest BCUT2D eigenvalue weighted by atomic mass is 10.3. The first-order valence-corrected chi connectivity index (χ1v) is 6.88. The van der Waals surface area contributed by atoms with E-state index < -0.39 is 5.97 Å². The van der Waals surface area contributed by atoms with Crippen molar-refractivity contribution in [2.75, 3.05) is 26.4 Å². The highest BCUT2D eigenvalue weighted by atomic mass is 32.2. The molecule has 0 aliphatic rings. The Bertz CT molecular complexity index is 392. The molecule has 0 aliphatic carbocycles. The van der Waals surface area contributed by atoms with Crippen LogP contribution in [-0.2, 0) is 11.3 Å². The Hall–Kier alpha value is -1.08. The van der Waals surface area contributed by atoms with Crippen LogP contribution in [0.4, 0.5) is 0 Å². The number of carbonyl (C=O) groups is 1. The second kappa shape index (κ2) is 7.38. The van der Waals surface area contributed by atoms with Crippen molar-refractivity contribution in [3.05, 3.63) is 5.82 Å².